The predicted molar refractivity (Wildman–Crippen MR) is 72.5 cm³/mol. The lowest BCUT2D eigenvalue weighted by atomic mass is 10.1. The van der Waals surface area contributed by atoms with Crippen LogP contribution in [0.15, 0.2) is 18.2 Å². The lowest BCUT2D eigenvalue weighted by molar-refractivity contribution is -0.385. The number of rotatable bonds is 6. The molecule has 0 bridgehead atoms. The van der Waals surface area contributed by atoms with Crippen LogP contribution in [0.1, 0.15) is 37.0 Å². The fourth-order valence-electron chi connectivity index (χ4n) is 1.74. The number of nitrogens with zero attached hydrogens (tertiary/aromatic N) is 1. The molecule has 0 fully saturated rings. The third-order valence-corrected chi connectivity index (χ3v) is 2.97. The van der Waals surface area contributed by atoms with E-state index in [1.54, 1.807) is 0 Å². The van der Waals surface area contributed by atoms with Crippen LogP contribution in [-0.2, 0) is 4.74 Å². The van der Waals surface area contributed by atoms with Crippen LogP contribution < -0.4 is 0 Å². The smallest absolute Gasteiger partial charge is 0.345 e. The van der Waals surface area contributed by atoms with Gasteiger partial charge in [-0.2, -0.15) is 0 Å². The molecule has 0 spiro atoms. The quantitative estimate of drug-likeness (QED) is 0.452. The van der Waals surface area contributed by atoms with E-state index in [1.807, 2.05) is 13.8 Å². The summed E-state index contributed by atoms with van der Waals surface area (Å²) in [5.74, 6) is -0.482. The number of nitro groups is 1. The molecule has 1 rings (SSSR count). The number of ether oxygens (including phenoxy) is 1. The molecule has 0 aromatic heterocycles. The van der Waals surface area contributed by atoms with Crippen LogP contribution in [0.25, 0.3) is 0 Å². The van der Waals surface area contributed by atoms with Crippen molar-refractivity contribution in [1.82, 2.24) is 0 Å². The van der Waals surface area contributed by atoms with Crippen molar-refractivity contribution in [1.29, 1.82) is 0 Å². The molecule has 0 saturated heterocycles. The summed E-state index contributed by atoms with van der Waals surface area (Å²) in [6, 6.07) is 4.20. The molecule has 19 heavy (non-hydrogen) atoms. The first-order valence-corrected chi connectivity index (χ1v) is 6.45. The summed E-state index contributed by atoms with van der Waals surface area (Å²) >= 11 is 5.73. The van der Waals surface area contributed by atoms with Crippen LogP contribution in [0, 0.1) is 16.0 Å². The van der Waals surface area contributed by atoms with Gasteiger partial charge >= 0.3 is 11.7 Å². The monoisotopic (exact) mass is 285 g/mol. The highest BCUT2D eigenvalue weighted by Crippen LogP contribution is 2.28. The molecule has 1 unspecified atom stereocenters. The number of nitro benzene ring substituents is 1. The van der Waals surface area contributed by atoms with Gasteiger partial charge in [-0.25, -0.2) is 4.79 Å². The minimum absolute atomic E-state index is 0.0685. The Labute approximate surface area is 116 Å². The van der Waals surface area contributed by atoms with E-state index in [2.05, 4.69) is 0 Å². The molecule has 0 aliphatic carbocycles. The summed E-state index contributed by atoms with van der Waals surface area (Å²) in [6.45, 7) is 4.25. The van der Waals surface area contributed by atoms with Crippen LogP contribution in [0.3, 0.4) is 0 Å². The van der Waals surface area contributed by atoms with E-state index in [0.29, 0.717) is 0 Å². The second-order valence-electron chi connectivity index (χ2n) is 4.39. The maximum absolute atomic E-state index is 11.8. The zero-order valence-electron chi connectivity index (χ0n) is 10.9. The number of benzene rings is 1. The van der Waals surface area contributed by atoms with Gasteiger partial charge in [0, 0.05) is 0 Å². The molecule has 1 aromatic carbocycles. The van der Waals surface area contributed by atoms with E-state index in [4.69, 9.17) is 16.3 Å². The molecule has 0 saturated carbocycles. The van der Waals surface area contributed by atoms with Crippen LogP contribution >= 0.6 is 11.6 Å². The molecule has 5 nitrogen and oxygen atoms in total. The Kier molecular flexibility index (Phi) is 5.76. The highest BCUT2D eigenvalue weighted by Gasteiger charge is 2.24. The van der Waals surface area contributed by atoms with Crippen LogP contribution in [0.5, 0.6) is 0 Å². The van der Waals surface area contributed by atoms with Gasteiger partial charge in [0.1, 0.15) is 10.6 Å². The Balaban J connectivity index is 2.83. The first-order chi connectivity index (χ1) is 8.97. The van der Waals surface area contributed by atoms with Gasteiger partial charge in [-0.3, -0.25) is 10.1 Å². The normalized spacial score (nSPS) is 11.9. The molecule has 0 radical (unpaired) electrons. The Morgan fingerprint density at radius 2 is 2.21 bits per heavy atom. The molecule has 6 heteroatoms. The van der Waals surface area contributed by atoms with Crippen molar-refractivity contribution in [2.75, 3.05) is 6.61 Å². The minimum Gasteiger partial charge on any atom is -0.462 e. The Hall–Kier alpha value is -1.62. The van der Waals surface area contributed by atoms with Gasteiger partial charge in [-0.05, 0) is 24.5 Å². The summed E-state index contributed by atoms with van der Waals surface area (Å²) in [6.07, 6.45) is 1.93. The van der Waals surface area contributed by atoms with Crippen molar-refractivity contribution in [3.05, 3.63) is 38.9 Å². The van der Waals surface area contributed by atoms with Gasteiger partial charge in [0.05, 0.1) is 11.5 Å². The van der Waals surface area contributed by atoms with Crippen molar-refractivity contribution in [2.24, 2.45) is 5.92 Å². The average Bonchev–Trinajstić information content (AvgIpc) is 2.35. The Morgan fingerprint density at radius 1 is 1.53 bits per heavy atom. The zero-order chi connectivity index (χ0) is 14.4. The second-order valence-corrected chi connectivity index (χ2v) is 4.79. The van der Waals surface area contributed by atoms with Crippen LogP contribution in [0.2, 0.25) is 5.02 Å². The fourth-order valence-corrected chi connectivity index (χ4v) is 1.98. The topological polar surface area (TPSA) is 69.4 Å². The van der Waals surface area contributed by atoms with Gasteiger partial charge < -0.3 is 4.74 Å². The summed E-state index contributed by atoms with van der Waals surface area (Å²) in [5, 5.41) is 10.8. The van der Waals surface area contributed by atoms with Gasteiger partial charge in [0.25, 0.3) is 0 Å². The number of hydrogen-bond acceptors (Lipinski definition) is 4. The Morgan fingerprint density at radius 3 is 2.79 bits per heavy atom. The highest BCUT2D eigenvalue weighted by atomic mass is 35.5. The Bertz CT molecular complexity index is 476. The van der Waals surface area contributed by atoms with Crippen LogP contribution in [0.4, 0.5) is 5.69 Å². The summed E-state index contributed by atoms with van der Waals surface area (Å²) in [4.78, 5) is 22.1. The third kappa shape index (κ3) is 4.21. The zero-order valence-corrected chi connectivity index (χ0v) is 11.6. The number of halogens is 1. The standard InChI is InChI=1S/C13H16ClNO4/c1-3-5-9(2)8-19-13(16)10-6-4-7-11(14)12(10)15(17)18/h4,6-7,9H,3,5,8H2,1-2H3. The number of hydrogen-bond donors (Lipinski definition) is 0. The molecule has 104 valence electrons. The van der Waals surface area contributed by atoms with Crippen molar-refractivity contribution >= 4 is 23.3 Å². The van der Waals surface area contributed by atoms with Gasteiger partial charge in [0.2, 0.25) is 0 Å². The van der Waals surface area contributed by atoms with Gasteiger partial charge in [0.15, 0.2) is 0 Å². The number of esters is 1. The molecule has 0 aliphatic rings. The first-order valence-electron chi connectivity index (χ1n) is 6.07. The number of carbonyl (C=O) groups excluding carboxylic acids is 1. The molecular formula is C13H16ClNO4. The molecule has 1 atom stereocenters. The van der Waals surface area contributed by atoms with E-state index in [-0.39, 0.29) is 23.1 Å². The van der Waals surface area contributed by atoms with Crippen molar-refractivity contribution in [3.63, 3.8) is 0 Å². The van der Waals surface area contributed by atoms with E-state index >= 15 is 0 Å². The molecule has 0 amide bonds. The van der Waals surface area contributed by atoms with Crippen LogP contribution in [-0.4, -0.2) is 17.5 Å². The second kappa shape index (κ2) is 7.09. The SMILES string of the molecule is CCCC(C)COC(=O)c1cccc(Cl)c1[N+](=O)[O-]. The van der Waals surface area contributed by atoms with E-state index in [1.165, 1.54) is 18.2 Å². The molecule has 0 aliphatic heterocycles. The molecule has 0 heterocycles. The molecule has 1 aromatic rings. The lowest BCUT2D eigenvalue weighted by Gasteiger charge is -2.11. The highest BCUT2D eigenvalue weighted by molar-refractivity contribution is 6.33. The summed E-state index contributed by atoms with van der Waals surface area (Å²) < 4.78 is 5.09. The van der Waals surface area contributed by atoms with Crippen molar-refractivity contribution in [3.8, 4) is 0 Å². The van der Waals surface area contributed by atoms with E-state index in [0.717, 1.165) is 12.8 Å². The summed E-state index contributed by atoms with van der Waals surface area (Å²) in [5.41, 5.74) is -0.515. The maximum atomic E-state index is 11.8. The first kappa shape index (κ1) is 15.4. The average molecular weight is 286 g/mol. The van der Waals surface area contributed by atoms with Crippen molar-refractivity contribution < 1.29 is 14.5 Å². The largest absolute Gasteiger partial charge is 0.462 e. The number of carbonyl (C=O) groups is 1. The lowest BCUT2D eigenvalue weighted by Crippen LogP contribution is -2.13. The summed E-state index contributed by atoms with van der Waals surface area (Å²) in [7, 11) is 0. The molecular weight excluding hydrogens is 270 g/mol. The fraction of sp³-hybridized carbons (Fsp3) is 0.462. The predicted octanol–water partition coefficient (Wildman–Crippen LogP) is 3.84. The molecule has 0 N–H and O–H groups in total. The van der Waals surface area contributed by atoms with Gasteiger partial charge in [-0.15, -0.1) is 0 Å². The van der Waals surface area contributed by atoms with E-state index in [9.17, 15) is 14.9 Å². The maximum Gasteiger partial charge on any atom is 0.345 e. The van der Waals surface area contributed by atoms with E-state index < -0.39 is 16.6 Å². The van der Waals surface area contributed by atoms with Crippen molar-refractivity contribution in [2.45, 2.75) is 26.7 Å². The third-order valence-electron chi connectivity index (χ3n) is 2.67. The van der Waals surface area contributed by atoms with Gasteiger partial charge in [-0.1, -0.05) is 37.9 Å². The number of para-hydroxylation sites is 1. The minimum atomic E-state index is -0.711.